The lowest BCUT2D eigenvalue weighted by molar-refractivity contribution is -0.116. The minimum absolute atomic E-state index is 0.0934. The zero-order valence-electron chi connectivity index (χ0n) is 16.3. The van der Waals surface area contributed by atoms with Crippen molar-refractivity contribution in [3.05, 3.63) is 64.3 Å². The lowest BCUT2D eigenvalue weighted by Crippen LogP contribution is -2.35. The van der Waals surface area contributed by atoms with Crippen molar-refractivity contribution in [3.8, 4) is 0 Å². The third-order valence-corrected chi connectivity index (χ3v) is 5.22. The molecular formula is C22H23FN4O2. The summed E-state index contributed by atoms with van der Waals surface area (Å²) in [5.74, 6) is -0.312. The predicted molar refractivity (Wildman–Crippen MR) is 112 cm³/mol. The SMILES string of the molecule is Cc1ccc(NC(=O)Cn2c(=O)nc(N3CCCCC3)c3ccccc32)c(F)c1. The molecule has 6 nitrogen and oxygen atoms in total. The first-order valence-electron chi connectivity index (χ1n) is 9.83. The fourth-order valence-electron chi connectivity index (χ4n) is 3.77. The highest BCUT2D eigenvalue weighted by Gasteiger charge is 2.19. The molecule has 150 valence electrons. The van der Waals surface area contributed by atoms with E-state index in [0.717, 1.165) is 36.9 Å². The van der Waals surface area contributed by atoms with Gasteiger partial charge in [0.15, 0.2) is 0 Å². The maximum atomic E-state index is 14.0. The fraction of sp³-hybridized carbons (Fsp3) is 0.318. The van der Waals surface area contributed by atoms with Crippen LogP contribution < -0.4 is 15.9 Å². The average molecular weight is 394 g/mol. The monoisotopic (exact) mass is 394 g/mol. The van der Waals surface area contributed by atoms with Crippen LogP contribution in [0, 0.1) is 12.7 Å². The number of anilines is 2. The first-order valence-corrected chi connectivity index (χ1v) is 9.83. The Morgan fingerprint density at radius 2 is 1.90 bits per heavy atom. The number of para-hydroxylation sites is 1. The average Bonchev–Trinajstić information content (AvgIpc) is 2.72. The van der Waals surface area contributed by atoms with Crippen LogP contribution in [0.15, 0.2) is 47.3 Å². The van der Waals surface area contributed by atoms with Crippen molar-refractivity contribution in [3.63, 3.8) is 0 Å². The number of carbonyl (C=O) groups is 1. The molecule has 1 aliphatic heterocycles. The number of hydrogen-bond donors (Lipinski definition) is 1. The number of aromatic nitrogens is 2. The standard InChI is InChI=1S/C22H23FN4O2/c1-15-9-10-18(17(23)13-15)24-20(28)14-27-19-8-4-3-7-16(19)21(25-22(27)29)26-11-5-2-6-12-26/h3-4,7-10,13H,2,5-6,11-12,14H2,1H3,(H,24,28). The summed E-state index contributed by atoms with van der Waals surface area (Å²) in [6.45, 7) is 3.27. The van der Waals surface area contributed by atoms with Gasteiger partial charge in [-0.3, -0.25) is 9.36 Å². The van der Waals surface area contributed by atoms with Gasteiger partial charge in [-0.2, -0.15) is 4.98 Å². The van der Waals surface area contributed by atoms with Crippen molar-refractivity contribution in [2.45, 2.75) is 32.7 Å². The van der Waals surface area contributed by atoms with E-state index >= 15 is 0 Å². The molecule has 7 heteroatoms. The molecule has 1 amide bonds. The van der Waals surface area contributed by atoms with Gasteiger partial charge in [0, 0.05) is 18.5 Å². The Morgan fingerprint density at radius 3 is 2.66 bits per heavy atom. The molecule has 0 bridgehead atoms. The Morgan fingerprint density at radius 1 is 1.14 bits per heavy atom. The molecular weight excluding hydrogens is 371 g/mol. The Kier molecular flexibility index (Phi) is 5.29. The van der Waals surface area contributed by atoms with Crippen molar-refractivity contribution in [1.82, 2.24) is 9.55 Å². The summed E-state index contributed by atoms with van der Waals surface area (Å²) < 4.78 is 15.4. The summed E-state index contributed by atoms with van der Waals surface area (Å²) >= 11 is 0. The number of benzene rings is 2. The minimum atomic E-state index is -0.505. The molecule has 0 spiro atoms. The van der Waals surface area contributed by atoms with Gasteiger partial charge in [-0.15, -0.1) is 0 Å². The van der Waals surface area contributed by atoms with E-state index in [1.165, 1.54) is 23.1 Å². The smallest absolute Gasteiger partial charge is 0.350 e. The number of halogens is 1. The molecule has 3 aromatic rings. The van der Waals surface area contributed by atoms with Crippen LogP contribution in [0.2, 0.25) is 0 Å². The number of hydrogen-bond acceptors (Lipinski definition) is 4. The Balaban J connectivity index is 1.66. The van der Waals surface area contributed by atoms with Crippen LogP contribution in [0.3, 0.4) is 0 Å². The van der Waals surface area contributed by atoms with Gasteiger partial charge in [-0.25, -0.2) is 9.18 Å². The second-order valence-corrected chi connectivity index (χ2v) is 7.40. The first kappa shape index (κ1) is 19.1. The van der Waals surface area contributed by atoms with Gasteiger partial charge in [-0.05, 0) is 56.0 Å². The topological polar surface area (TPSA) is 67.2 Å². The van der Waals surface area contributed by atoms with E-state index in [1.54, 1.807) is 13.0 Å². The summed E-state index contributed by atoms with van der Waals surface area (Å²) in [4.78, 5) is 31.7. The largest absolute Gasteiger partial charge is 0.356 e. The summed E-state index contributed by atoms with van der Waals surface area (Å²) in [5.41, 5.74) is 1.02. The molecule has 29 heavy (non-hydrogen) atoms. The lowest BCUT2D eigenvalue weighted by atomic mass is 10.1. The molecule has 1 N–H and O–H groups in total. The van der Waals surface area contributed by atoms with E-state index in [-0.39, 0.29) is 12.2 Å². The second kappa shape index (κ2) is 8.03. The number of nitrogens with zero attached hydrogens (tertiary/aromatic N) is 3. The Hall–Kier alpha value is -3.22. The molecule has 0 unspecified atom stereocenters. The van der Waals surface area contributed by atoms with Gasteiger partial charge in [0.05, 0.1) is 11.2 Å². The van der Waals surface area contributed by atoms with Gasteiger partial charge < -0.3 is 10.2 Å². The van der Waals surface area contributed by atoms with Gasteiger partial charge >= 0.3 is 5.69 Å². The molecule has 0 saturated carbocycles. The van der Waals surface area contributed by atoms with E-state index in [2.05, 4.69) is 15.2 Å². The molecule has 0 aliphatic carbocycles. The van der Waals surface area contributed by atoms with Gasteiger partial charge in [-0.1, -0.05) is 18.2 Å². The van der Waals surface area contributed by atoms with Gasteiger partial charge in [0.2, 0.25) is 5.91 Å². The third-order valence-electron chi connectivity index (χ3n) is 5.22. The highest BCUT2D eigenvalue weighted by molar-refractivity contribution is 5.94. The quantitative estimate of drug-likeness (QED) is 0.736. The van der Waals surface area contributed by atoms with E-state index in [9.17, 15) is 14.0 Å². The highest BCUT2D eigenvalue weighted by atomic mass is 19.1. The van der Waals surface area contributed by atoms with Gasteiger partial charge in [0.1, 0.15) is 18.2 Å². The van der Waals surface area contributed by atoms with Crippen LogP contribution in [-0.2, 0) is 11.3 Å². The predicted octanol–water partition coefficient (Wildman–Crippen LogP) is 3.47. The van der Waals surface area contributed by atoms with Crippen LogP contribution in [0.4, 0.5) is 15.9 Å². The van der Waals surface area contributed by atoms with Crippen LogP contribution in [0.5, 0.6) is 0 Å². The third kappa shape index (κ3) is 3.99. The van der Waals surface area contributed by atoms with Crippen LogP contribution >= 0.6 is 0 Å². The van der Waals surface area contributed by atoms with Crippen molar-refractivity contribution in [2.24, 2.45) is 0 Å². The molecule has 2 heterocycles. The van der Waals surface area contributed by atoms with Gasteiger partial charge in [0.25, 0.3) is 0 Å². The van der Waals surface area contributed by atoms with Crippen LogP contribution in [-0.4, -0.2) is 28.5 Å². The number of rotatable bonds is 4. The summed E-state index contributed by atoms with van der Waals surface area (Å²) in [6.07, 6.45) is 3.33. The van der Waals surface area contributed by atoms with Crippen molar-refractivity contribution >= 4 is 28.3 Å². The number of amides is 1. The summed E-state index contributed by atoms with van der Waals surface area (Å²) in [7, 11) is 0. The molecule has 0 atom stereocenters. The fourth-order valence-corrected chi connectivity index (χ4v) is 3.77. The maximum absolute atomic E-state index is 14.0. The van der Waals surface area contributed by atoms with E-state index < -0.39 is 17.4 Å². The summed E-state index contributed by atoms with van der Waals surface area (Å²) in [5, 5.41) is 3.38. The highest BCUT2D eigenvalue weighted by Crippen LogP contribution is 2.25. The Labute approximate surface area is 168 Å². The van der Waals surface area contributed by atoms with E-state index in [0.29, 0.717) is 11.3 Å². The molecule has 1 saturated heterocycles. The lowest BCUT2D eigenvalue weighted by Gasteiger charge is -2.28. The number of aryl methyl sites for hydroxylation is 1. The Bertz CT molecular complexity index is 1120. The number of piperidine rings is 1. The van der Waals surface area contributed by atoms with Crippen molar-refractivity contribution in [2.75, 3.05) is 23.3 Å². The molecule has 1 aromatic heterocycles. The number of nitrogens with one attached hydrogen (secondary N) is 1. The molecule has 1 fully saturated rings. The van der Waals surface area contributed by atoms with Crippen LogP contribution in [0.1, 0.15) is 24.8 Å². The van der Waals surface area contributed by atoms with Crippen LogP contribution in [0.25, 0.3) is 10.9 Å². The minimum Gasteiger partial charge on any atom is -0.356 e. The van der Waals surface area contributed by atoms with Crippen molar-refractivity contribution < 1.29 is 9.18 Å². The molecule has 0 radical (unpaired) electrons. The first-order chi connectivity index (χ1) is 14.0. The summed E-state index contributed by atoms with van der Waals surface area (Å²) in [6, 6.07) is 12.0. The van der Waals surface area contributed by atoms with E-state index in [4.69, 9.17) is 0 Å². The normalized spacial score (nSPS) is 14.2. The number of fused-ring (bicyclic) bond motifs is 1. The molecule has 1 aliphatic rings. The zero-order chi connectivity index (χ0) is 20.4. The molecule has 2 aromatic carbocycles. The number of carbonyl (C=O) groups excluding carboxylic acids is 1. The second-order valence-electron chi connectivity index (χ2n) is 7.40. The maximum Gasteiger partial charge on any atom is 0.350 e. The zero-order valence-corrected chi connectivity index (χ0v) is 16.3. The molecule has 4 rings (SSSR count). The van der Waals surface area contributed by atoms with E-state index in [1.807, 2.05) is 24.3 Å². The van der Waals surface area contributed by atoms with Crippen molar-refractivity contribution in [1.29, 1.82) is 0 Å².